The molecule has 3 nitrogen and oxygen atoms in total. The van der Waals surface area contributed by atoms with E-state index in [9.17, 15) is 9.18 Å². The molecule has 1 aliphatic rings. The number of anilines is 1. The van der Waals surface area contributed by atoms with Gasteiger partial charge in [-0.1, -0.05) is 25.4 Å². The first-order chi connectivity index (χ1) is 9.44. The van der Waals surface area contributed by atoms with Gasteiger partial charge >= 0.3 is 0 Å². The predicted octanol–water partition coefficient (Wildman–Crippen LogP) is 1.98. The molecule has 1 fully saturated rings. The second-order valence-electron chi connectivity index (χ2n) is 5.95. The third kappa shape index (κ3) is 4.18. The topological polar surface area (TPSA) is 33.5 Å². The summed E-state index contributed by atoms with van der Waals surface area (Å²) >= 11 is 5.90. The third-order valence-electron chi connectivity index (χ3n) is 3.69. The lowest BCUT2D eigenvalue weighted by molar-refractivity contribution is -0.904. The van der Waals surface area contributed by atoms with Crippen molar-refractivity contribution in [1.82, 2.24) is 0 Å². The first-order valence-electron chi connectivity index (χ1n) is 7.02. The van der Waals surface area contributed by atoms with Gasteiger partial charge in [-0.25, -0.2) is 4.39 Å². The van der Waals surface area contributed by atoms with Crippen LogP contribution < -0.4 is 10.2 Å². The number of carbonyl (C=O) groups excluding carboxylic acids is 1. The SMILES string of the molecule is C[C@@H]1C[C@H](C)C[NH+](CC(=O)Nc2ccc(F)cc2Cl)C1. The smallest absolute Gasteiger partial charge is 0.279 e. The van der Waals surface area contributed by atoms with E-state index in [1.807, 2.05) is 0 Å². The average Bonchev–Trinajstić information content (AvgIpc) is 2.31. The average molecular weight is 300 g/mol. The van der Waals surface area contributed by atoms with Crippen LogP contribution in [0.4, 0.5) is 10.1 Å². The lowest BCUT2D eigenvalue weighted by Crippen LogP contribution is -3.15. The Balaban J connectivity index is 1.92. The fourth-order valence-corrected chi connectivity index (χ4v) is 3.29. The van der Waals surface area contributed by atoms with Crippen molar-refractivity contribution in [2.45, 2.75) is 20.3 Å². The molecule has 20 heavy (non-hydrogen) atoms. The molecule has 5 heteroatoms. The van der Waals surface area contributed by atoms with Gasteiger partial charge in [-0.2, -0.15) is 0 Å². The summed E-state index contributed by atoms with van der Waals surface area (Å²) in [6, 6.07) is 3.99. The van der Waals surface area contributed by atoms with Crippen molar-refractivity contribution in [3.05, 3.63) is 29.0 Å². The minimum absolute atomic E-state index is 0.0743. The lowest BCUT2D eigenvalue weighted by atomic mass is 9.92. The number of carbonyl (C=O) groups is 1. The lowest BCUT2D eigenvalue weighted by Gasteiger charge is -2.31. The van der Waals surface area contributed by atoms with Crippen LogP contribution in [-0.2, 0) is 4.79 Å². The van der Waals surface area contributed by atoms with E-state index >= 15 is 0 Å². The maximum atomic E-state index is 12.9. The van der Waals surface area contributed by atoms with Gasteiger partial charge in [0, 0.05) is 11.8 Å². The van der Waals surface area contributed by atoms with E-state index in [1.165, 1.54) is 29.5 Å². The molecule has 1 aromatic rings. The summed E-state index contributed by atoms with van der Waals surface area (Å²) in [5.74, 6) is 0.819. The van der Waals surface area contributed by atoms with Gasteiger partial charge in [-0.15, -0.1) is 0 Å². The zero-order valence-electron chi connectivity index (χ0n) is 11.9. The van der Waals surface area contributed by atoms with Gasteiger partial charge in [0.25, 0.3) is 5.91 Å². The molecular weight excluding hydrogens is 279 g/mol. The molecule has 0 aliphatic carbocycles. The van der Waals surface area contributed by atoms with Crippen LogP contribution in [0.3, 0.4) is 0 Å². The number of likely N-dealkylation sites (tertiary alicyclic amines) is 1. The number of nitrogens with one attached hydrogen (secondary N) is 2. The number of hydrogen-bond donors (Lipinski definition) is 2. The number of amides is 1. The number of hydrogen-bond acceptors (Lipinski definition) is 1. The molecule has 0 radical (unpaired) electrons. The van der Waals surface area contributed by atoms with Crippen molar-refractivity contribution in [3.63, 3.8) is 0 Å². The van der Waals surface area contributed by atoms with Crippen LogP contribution in [0.5, 0.6) is 0 Å². The summed E-state index contributed by atoms with van der Waals surface area (Å²) in [7, 11) is 0. The summed E-state index contributed by atoms with van der Waals surface area (Å²) in [4.78, 5) is 13.3. The van der Waals surface area contributed by atoms with Gasteiger partial charge in [-0.3, -0.25) is 4.79 Å². The largest absolute Gasteiger partial charge is 0.327 e. The molecule has 1 unspecified atom stereocenters. The number of benzene rings is 1. The van der Waals surface area contributed by atoms with Crippen molar-refractivity contribution < 1.29 is 14.1 Å². The Morgan fingerprint density at radius 1 is 1.40 bits per heavy atom. The molecule has 2 rings (SSSR count). The van der Waals surface area contributed by atoms with Gasteiger partial charge in [-0.05, 0) is 24.6 Å². The maximum Gasteiger partial charge on any atom is 0.279 e. The van der Waals surface area contributed by atoms with E-state index in [-0.39, 0.29) is 10.9 Å². The molecule has 110 valence electrons. The fourth-order valence-electron chi connectivity index (χ4n) is 3.08. The number of quaternary nitrogens is 1. The molecule has 1 saturated heterocycles. The summed E-state index contributed by atoms with van der Waals surface area (Å²) in [5, 5.41) is 2.99. The molecule has 1 aromatic carbocycles. The monoisotopic (exact) mass is 299 g/mol. The fraction of sp³-hybridized carbons (Fsp3) is 0.533. The van der Waals surface area contributed by atoms with Gasteiger partial charge in [0.1, 0.15) is 5.82 Å². The van der Waals surface area contributed by atoms with Gasteiger partial charge < -0.3 is 10.2 Å². The Hall–Kier alpha value is -1.13. The molecule has 0 bridgehead atoms. The van der Waals surface area contributed by atoms with E-state index in [2.05, 4.69) is 19.2 Å². The summed E-state index contributed by atoms with van der Waals surface area (Å²) in [6.45, 7) is 6.93. The van der Waals surface area contributed by atoms with Gasteiger partial charge in [0.15, 0.2) is 6.54 Å². The van der Waals surface area contributed by atoms with Gasteiger partial charge in [0.05, 0.1) is 23.8 Å². The number of piperidine rings is 1. The first-order valence-corrected chi connectivity index (χ1v) is 7.40. The molecule has 1 amide bonds. The molecule has 0 saturated carbocycles. The molecule has 3 atom stereocenters. The van der Waals surface area contributed by atoms with Crippen molar-refractivity contribution in [3.8, 4) is 0 Å². The first kappa shape index (κ1) is 15.3. The van der Waals surface area contributed by atoms with Crippen molar-refractivity contribution in [1.29, 1.82) is 0 Å². The van der Waals surface area contributed by atoms with Crippen molar-refractivity contribution in [2.24, 2.45) is 11.8 Å². The van der Waals surface area contributed by atoms with E-state index < -0.39 is 5.82 Å². The molecule has 1 aliphatic heterocycles. The van der Waals surface area contributed by atoms with Crippen molar-refractivity contribution in [2.75, 3.05) is 25.0 Å². The molecule has 0 aromatic heterocycles. The standard InChI is InChI=1S/C15H20ClFN2O/c1-10-5-11(2)8-19(7-10)9-15(20)18-14-4-3-12(17)6-13(14)16/h3-4,6,10-11H,5,7-9H2,1-2H3,(H,18,20)/p+1/t10-,11+. The predicted molar refractivity (Wildman–Crippen MR) is 78.5 cm³/mol. The number of halogens is 2. The second-order valence-corrected chi connectivity index (χ2v) is 6.36. The van der Waals surface area contributed by atoms with Crippen LogP contribution in [0.2, 0.25) is 5.02 Å². The van der Waals surface area contributed by atoms with Crippen LogP contribution >= 0.6 is 11.6 Å². The van der Waals surface area contributed by atoms with Crippen molar-refractivity contribution >= 4 is 23.2 Å². The van der Waals surface area contributed by atoms with Crippen LogP contribution in [0, 0.1) is 17.7 Å². The summed E-state index contributed by atoms with van der Waals surface area (Å²) in [5.41, 5.74) is 0.468. The highest BCUT2D eigenvalue weighted by Crippen LogP contribution is 2.22. The van der Waals surface area contributed by atoms with E-state index in [0.29, 0.717) is 24.1 Å². The van der Waals surface area contributed by atoms with E-state index in [1.54, 1.807) is 0 Å². The summed E-state index contributed by atoms with van der Waals surface area (Å²) < 4.78 is 12.9. The maximum absolute atomic E-state index is 12.9. The summed E-state index contributed by atoms with van der Waals surface area (Å²) in [6.07, 6.45) is 1.23. The normalized spacial score (nSPS) is 26.3. The molecule has 2 N–H and O–H groups in total. The zero-order valence-corrected chi connectivity index (χ0v) is 12.6. The Morgan fingerprint density at radius 2 is 2.05 bits per heavy atom. The highest BCUT2D eigenvalue weighted by atomic mass is 35.5. The minimum Gasteiger partial charge on any atom is -0.327 e. The Bertz CT molecular complexity index is 485. The molecular formula is C15H21ClFN2O+. The van der Waals surface area contributed by atoms with Gasteiger partial charge in [0.2, 0.25) is 0 Å². The number of rotatable bonds is 3. The van der Waals surface area contributed by atoms with Crippen LogP contribution in [0.1, 0.15) is 20.3 Å². The third-order valence-corrected chi connectivity index (χ3v) is 4.01. The van der Waals surface area contributed by atoms with E-state index in [4.69, 9.17) is 11.6 Å². The quantitative estimate of drug-likeness (QED) is 0.879. The Labute approximate surface area is 124 Å². The highest BCUT2D eigenvalue weighted by molar-refractivity contribution is 6.33. The minimum atomic E-state index is -0.405. The van der Waals surface area contributed by atoms with Crippen LogP contribution in [0.15, 0.2) is 18.2 Å². The molecule has 0 spiro atoms. The van der Waals surface area contributed by atoms with Crippen LogP contribution in [0.25, 0.3) is 0 Å². The van der Waals surface area contributed by atoms with Crippen LogP contribution in [-0.4, -0.2) is 25.5 Å². The molecule has 1 heterocycles. The van der Waals surface area contributed by atoms with E-state index in [0.717, 1.165) is 13.1 Å². The highest BCUT2D eigenvalue weighted by Gasteiger charge is 2.26. The Kier molecular flexibility index (Phi) is 5.00. The Morgan fingerprint density at radius 3 is 2.65 bits per heavy atom. The second kappa shape index (κ2) is 6.55. The zero-order chi connectivity index (χ0) is 14.7.